The van der Waals surface area contributed by atoms with Gasteiger partial charge in [-0.25, -0.2) is 0 Å². The molecule has 0 amide bonds. The maximum atomic E-state index is 9.20. The van der Waals surface area contributed by atoms with Crippen molar-refractivity contribution in [3.8, 4) is 0 Å². The van der Waals surface area contributed by atoms with Crippen molar-refractivity contribution in [2.24, 2.45) is 0 Å². The molecule has 0 radical (unpaired) electrons. The standard InChI is InChI=1S/C13H18O3/c1-11(14)8-9-13(16-10-15-2)12-6-4-3-5-7-12/h3-9,11,13-14H,10H2,1-2H3/b9-8+/t11-,13+/m0/s1. The Morgan fingerprint density at radius 2 is 1.94 bits per heavy atom. The van der Waals surface area contributed by atoms with Gasteiger partial charge in [-0.15, -0.1) is 0 Å². The second-order valence-corrected chi connectivity index (χ2v) is 3.53. The van der Waals surface area contributed by atoms with E-state index < -0.39 is 6.10 Å². The number of hydrogen-bond donors (Lipinski definition) is 1. The average molecular weight is 222 g/mol. The summed E-state index contributed by atoms with van der Waals surface area (Å²) in [4.78, 5) is 0. The van der Waals surface area contributed by atoms with E-state index in [-0.39, 0.29) is 12.9 Å². The molecule has 0 heterocycles. The highest BCUT2D eigenvalue weighted by Crippen LogP contribution is 2.18. The molecule has 0 aromatic heterocycles. The largest absolute Gasteiger partial charge is 0.389 e. The molecule has 0 aliphatic carbocycles. The number of aliphatic hydroxyl groups is 1. The van der Waals surface area contributed by atoms with Crippen LogP contribution in [0.25, 0.3) is 0 Å². The second-order valence-electron chi connectivity index (χ2n) is 3.53. The Balaban J connectivity index is 2.71. The van der Waals surface area contributed by atoms with Gasteiger partial charge in [0.25, 0.3) is 0 Å². The van der Waals surface area contributed by atoms with Crippen LogP contribution < -0.4 is 0 Å². The molecule has 0 unspecified atom stereocenters. The van der Waals surface area contributed by atoms with Gasteiger partial charge < -0.3 is 14.6 Å². The molecule has 1 rings (SSSR count). The number of methoxy groups -OCH3 is 1. The fourth-order valence-corrected chi connectivity index (χ4v) is 1.31. The van der Waals surface area contributed by atoms with Gasteiger partial charge in [0.2, 0.25) is 0 Å². The lowest BCUT2D eigenvalue weighted by Gasteiger charge is -2.14. The third-order valence-electron chi connectivity index (χ3n) is 2.06. The molecule has 16 heavy (non-hydrogen) atoms. The van der Waals surface area contributed by atoms with E-state index in [1.165, 1.54) is 0 Å². The van der Waals surface area contributed by atoms with Crippen molar-refractivity contribution >= 4 is 0 Å². The summed E-state index contributed by atoms with van der Waals surface area (Å²) in [5.74, 6) is 0. The highest BCUT2D eigenvalue weighted by molar-refractivity contribution is 5.21. The van der Waals surface area contributed by atoms with Gasteiger partial charge in [-0.2, -0.15) is 0 Å². The maximum Gasteiger partial charge on any atom is 0.147 e. The van der Waals surface area contributed by atoms with E-state index in [0.717, 1.165) is 5.56 Å². The van der Waals surface area contributed by atoms with Crippen molar-refractivity contribution in [2.75, 3.05) is 13.9 Å². The summed E-state index contributed by atoms with van der Waals surface area (Å²) >= 11 is 0. The van der Waals surface area contributed by atoms with Crippen LogP contribution in [0.5, 0.6) is 0 Å². The number of benzene rings is 1. The zero-order chi connectivity index (χ0) is 11.8. The van der Waals surface area contributed by atoms with E-state index in [1.54, 1.807) is 20.1 Å². The molecule has 1 N–H and O–H groups in total. The van der Waals surface area contributed by atoms with Gasteiger partial charge in [0, 0.05) is 7.11 Å². The van der Waals surface area contributed by atoms with E-state index in [4.69, 9.17) is 9.47 Å². The molecule has 2 atom stereocenters. The first-order valence-corrected chi connectivity index (χ1v) is 5.26. The highest BCUT2D eigenvalue weighted by Gasteiger charge is 2.07. The maximum absolute atomic E-state index is 9.20. The molecule has 0 saturated carbocycles. The van der Waals surface area contributed by atoms with E-state index in [1.807, 2.05) is 36.4 Å². The first-order chi connectivity index (χ1) is 7.74. The van der Waals surface area contributed by atoms with Crippen LogP contribution in [-0.2, 0) is 9.47 Å². The molecule has 0 saturated heterocycles. The normalized spacial score (nSPS) is 15.2. The third-order valence-corrected chi connectivity index (χ3v) is 2.06. The third kappa shape index (κ3) is 4.57. The van der Waals surface area contributed by atoms with Crippen LogP contribution in [0.1, 0.15) is 18.6 Å². The van der Waals surface area contributed by atoms with Crippen LogP contribution in [-0.4, -0.2) is 25.1 Å². The Bertz CT molecular complexity index is 306. The van der Waals surface area contributed by atoms with Gasteiger partial charge >= 0.3 is 0 Å². The molecule has 0 aliphatic heterocycles. The summed E-state index contributed by atoms with van der Waals surface area (Å²) in [7, 11) is 1.58. The van der Waals surface area contributed by atoms with Crippen molar-refractivity contribution in [1.29, 1.82) is 0 Å². The first-order valence-electron chi connectivity index (χ1n) is 5.26. The zero-order valence-corrected chi connectivity index (χ0v) is 9.67. The van der Waals surface area contributed by atoms with Gasteiger partial charge in [-0.05, 0) is 12.5 Å². The predicted octanol–water partition coefficient (Wildman–Crippen LogP) is 2.29. The minimum absolute atomic E-state index is 0.184. The highest BCUT2D eigenvalue weighted by atomic mass is 16.7. The average Bonchev–Trinajstić information content (AvgIpc) is 2.30. The van der Waals surface area contributed by atoms with Crippen LogP contribution >= 0.6 is 0 Å². The number of aliphatic hydroxyl groups excluding tert-OH is 1. The van der Waals surface area contributed by atoms with Crippen LogP contribution in [0, 0.1) is 0 Å². The van der Waals surface area contributed by atoms with Crippen molar-refractivity contribution in [3.63, 3.8) is 0 Å². The minimum atomic E-state index is -0.475. The van der Waals surface area contributed by atoms with Crippen molar-refractivity contribution in [3.05, 3.63) is 48.0 Å². The Labute approximate surface area is 96.3 Å². The zero-order valence-electron chi connectivity index (χ0n) is 9.67. The second kappa shape index (κ2) is 7.17. The van der Waals surface area contributed by atoms with Gasteiger partial charge in [0.05, 0.1) is 6.10 Å². The van der Waals surface area contributed by atoms with E-state index >= 15 is 0 Å². The summed E-state index contributed by atoms with van der Waals surface area (Å²) in [5.41, 5.74) is 1.04. The summed E-state index contributed by atoms with van der Waals surface area (Å²) in [6, 6.07) is 9.82. The summed E-state index contributed by atoms with van der Waals surface area (Å²) in [6.07, 6.45) is 2.87. The summed E-state index contributed by atoms with van der Waals surface area (Å²) in [6.45, 7) is 1.93. The van der Waals surface area contributed by atoms with Crippen LogP contribution in [0.3, 0.4) is 0 Å². The summed E-state index contributed by atoms with van der Waals surface area (Å²) in [5, 5.41) is 9.20. The van der Waals surface area contributed by atoms with Gasteiger partial charge in [0.15, 0.2) is 0 Å². The number of hydrogen-bond acceptors (Lipinski definition) is 3. The SMILES string of the molecule is COCO[C@H](/C=C/[C@H](C)O)c1ccccc1. The fourth-order valence-electron chi connectivity index (χ4n) is 1.31. The predicted molar refractivity (Wildman–Crippen MR) is 63.0 cm³/mol. The monoisotopic (exact) mass is 222 g/mol. The molecular weight excluding hydrogens is 204 g/mol. The van der Waals surface area contributed by atoms with Crippen LogP contribution in [0.15, 0.2) is 42.5 Å². The molecule has 1 aromatic rings. The lowest BCUT2D eigenvalue weighted by atomic mass is 10.1. The van der Waals surface area contributed by atoms with E-state index in [0.29, 0.717) is 0 Å². The van der Waals surface area contributed by atoms with Crippen molar-refractivity contribution in [2.45, 2.75) is 19.1 Å². The number of ether oxygens (including phenoxy) is 2. The molecule has 0 spiro atoms. The Hall–Kier alpha value is -1.16. The minimum Gasteiger partial charge on any atom is -0.389 e. The molecule has 88 valence electrons. The van der Waals surface area contributed by atoms with Crippen LogP contribution in [0.4, 0.5) is 0 Å². The van der Waals surface area contributed by atoms with Crippen molar-refractivity contribution in [1.82, 2.24) is 0 Å². The molecular formula is C13H18O3. The summed E-state index contributed by atoms with van der Waals surface area (Å²) < 4.78 is 10.4. The topological polar surface area (TPSA) is 38.7 Å². The molecule has 1 aromatic carbocycles. The van der Waals surface area contributed by atoms with E-state index in [2.05, 4.69) is 0 Å². The fraction of sp³-hybridized carbons (Fsp3) is 0.385. The first kappa shape index (κ1) is 12.9. The van der Waals surface area contributed by atoms with Crippen LogP contribution in [0.2, 0.25) is 0 Å². The Morgan fingerprint density at radius 3 is 2.50 bits per heavy atom. The lowest BCUT2D eigenvalue weighted by Crippen LogP contribution is -2.05. The molecule has 0 fully saturated rings. The molecule has 0 aliphatic rings. The Kier molecular flexibility index (Phi) is 5.78. The Morgan fingerprint density at radius 1 is 1.25 bits per heavy atom. The van der Waals surface area contributed by atoms with Gasteiger partial charge in [-0.3, -0.25) is 0 Å². The van der Waals surface area contributed by atoms with E-state index in [9.17, 15) is 5.11 Å². The van der Waals surface area contributed by atoms with Gasteiger partial charge in [0.1, 0.15) is 12.9 Å². The van der Waals surface area contributed by atoms with Gasteiger partial charge in [-0.1, -0.05) is 42.5 Å². The molecule has 3 heteroatoms. The quantitative estimate of drug-likeness (QED) is 0.593. The molecule has 3 nitrogen and oxygen atoms in total. The van der Waals surface area contributed by atoms with Crippen molar-refractivity contribution < 1.29 is 14.6 Å². The number of rotatable bonds is 6. The smallest absolute Gasteiger partial charge is 0.147 e. The lowest BCUT2D eigenvalue weighted by molar-refractivity contribution is -0.0569. The molecule has 0 bridgehead atoms.